The van der Waals surface area contributed by atoms with E-state index in [4.69, 9.17) is 23.3 Å². The first-order valence-electron chi connectivity index (χ1n) is 15.6. The maximum atomic E-state index is 13.9. The number of nitrogens with two attached hydrogens (primary N) is 1. The van der Waals surface area contributed by atoms with Crippen LogP contribution in [0.1, 0.15) is 35.4 Å². The summed E-state index contributed by atoms with van der Waals surface area (Å²) in [4.78, 5) is 36.1. The van der Waals surface area contributed by atoms with Crippen molar-refractivity contribution in [3.05, 3.63) is 60.2 Å². The van der Waals surface area contributed by atoms with Crippen LogP contribution in [0, 0.1) is 17.2 Å². The second-order valence-corrected chi connectivity index (χ2v) is 12.9. The number of rotatable bonds is 6. The molecule has 2 radical (unpaired) electrons. The maximum absolute atomic E-state index is 13.9. The van der Waals surface area contributed by atoms with Crippen LogP contribution in [0.15, 0.2) is 48.8 Å². The molecule has 12 nitrogen and oxygen atoms in total. The van der Waals surface area contributed by atoms with Crippen LogP contribution in [-0.2, 0) is 13.6 Å². The fourth-order valence-corrected chi connectivity index (χ4v) is 7.80. The van der Waals surface area contributed by atoms with Crippen LogP contribution in [0.4, 0.5) is 5.82 Å². The van der Waals surface area contributed by atoms with Crippen molar-refractivity contribution in [3.63, 3.8) is 0 Å². The van der Waals surface area contributed by atoms with Crippen LogP contribution in [0.3, 0.4) is 0 Å². The number of ether oxygens (including phenoxy) is 1. The summed E-state index contributed by atoms with van der Waals surface area (Å²) in [7, 11) is 10.8. The van der Waals surface area contributed by atoms with E-state index in [1.807, 2.05) is 46.8 Å². The molecule has 2 aliphatic heterocycles. The number of hydrogen-bond donors (Lipinski definition) is 1. The van der Waals surface area contributed by atoms with Gasteiger partial charge in [-0.15, -0.1) is 0 Å². The molecule has 2 bridgehead atoms. The van der Waals surface area contributed by atoms with E-state index in [1.165, 1.54) is 0 Å². The molecular weight excluding hydrogens is 579 g/mol. The minimum atomic E-state index is -0.659. The average molecular weight is 613 g/mol. The van der Waals surface area contributed by atoms with Gasteiger partial charge >= 0.3 is 0 Å². The summed E-state index contributed by atoms with van der Waals surface area (Å²) in [6.45, 7) is 2.30. The molecule has 46 heavy (non-hydrogen) atoms. The number of benzene rings is 1. The first kappa shape index (κ1) is 28.5. The molecule has 6 heterocycles. The number of nitrogens with zero attached hydrogens (tertiary/aromatic N) is 9. The fourth-order valence-electron chi connectivity index (χ4n) is 7.80. The number of likely N-dealkylation sites (tertiary alicyclic amines) is 1. The highest BCUT2D eigenvalue weighted by molar-refractivity contribution is 6.16. The Morgan fingerprint density at radius 2 is 2.07 bits per heavy atom. The van der Waals surface area contributed by atoms with E-state index < -0.39 is 5.31 Å². The molecule has 1 aromatic carbocycles. The van der Waals surface area contributed by atoms with Gasteiger partial charge in [-0.05, 0) is 66.9 Å². The van der Waals surface area contributed by atoms with Crippen LogP contribution in [0.2, 0.25) is 5.31 Å². The van der Waals surface area contributed by atoms with Gasteiger partial charge in [-0.2, -0.15) is 5.26 Å². The Kier molecular flexibility index (Phi) is 6.54. The van der Waals surface area contributed by atoms with Gasteiger partial charge in [-0.25, -0.2) is 19.9 Å². The molecule has 5 aromatic rings. The molecule has 8 rings (SSSR count). The summed E-state index contributed by atoms with van der Waals surface area (Å²) < 4.78 is 10.1. The number of pyridine rings is 1. The quantitative estimate of drug-likeness (QED) is 0.286. The Balaban J connectivity index is 1.23. The van der Waals surface area contributed by atoms with E-state index in [9.17, 15) is 10.1 Å². The molecule has 2 N–H and O–H groups in total. The number of imidazole rings is 1. The zero-order valence-electron chi connectivity index (χ0n) is 25.8. The smallest absolute Gasteiger partial charge is 0.254 e. The Hall–Kier alpha value is -4.96. The highest BCUT2D eigenvalue weighted by Gasteiger charge is 2.47. The van der Waals surface area contributed by atoms with E-state index in [0.29, 0.717) is 67.0 Å². The Morgan fingerprint density at radius 1 is 1.20 bits per heavy atom. The lowest BCUT2D eigenvalue weighted by molar-refractivity contribution is 0.0700. The number of hydrogen-bond acceptors (Lipinski definition) is 9. The van der Waals surface area contributed by atoms with Gasteiger partial charge in [0.1, 0.15) is 28.8 Å². The second-order valence-electron chi connectivity index (χ2n) is 12.9. The average Bonchev–Trinajstić information content (AvgIpc) is 3.89. The summed E-state index contributed by atoms with van der Waals surface area (Å²) in [5.74, 6) is 2.36. The van der Waals surface area contributed by atoms with Gasteiger partial charge in [0.2, 0.25) is 5.82 Å². The van der Waals surface area contributed by atoms with E-state index in [-0.39, 0.29) is 23.8 Å². The number of amides is 1. The third-order valence-electron chi connectivity index (χ3n) is 10.1. The minimum Gasteiger partial charge on any atom is -0.494 e. The highest BCUT2D eigenvalue weighted by atomic mass is 16.5. The van der Waals surface area contributed by atoms with Gasteiger partial charge in [0.25, 0.3) is 5.91 Å². The number of piperidine rings is 1. The molecule has 0 spiro atoms. The molecule has 1 amide bonds. The summed E-state index contributed by atoms with van der Waals surface area (Å²) >= 11 is 0. The molecule has 1 aliphatic carbocycles. The molecule has 2 saturated heterocycles. The van der Waals surface area contributed by atoms with Gasteiger partial charge in [0.15, 0.2) is 5.82 Å². The van der Waals surface area contributed by atoms with Crippen LogP contribution >= 0.6 is 0 Å². The Bertz CT molecular complexity index is 2070. The normalized spacial score (nSPS) is 23.9. The second kappa shape index (κ2) is 10.6. The van der Waals surface area contributed by atoms with Crippen LogP contribution in [0.5, 0.6) is 5.75 Å². The van der Waals surface area contributed by atoms with E-state index in [2.05, 4.69) is 30.5 Å². The van der Waals surface area contributed by atoms with Gasteiger partial charge in [-0.3, -0.25) is 4.79 Å². The van der Waals surface area contributed by atoms with Crippen molar-refractivity contribution in [3.8, 4) is 23.3 Å². The van der Waals surface area contributed by atoms with Crippen molar-refractivity contribution >= 4 is 41.6 Å². The number of nitriles is 1. The topological polar surface area (TPSA) is 144 Å². The van der Waals surface area contributed by atoms with E-state index in [1.54, 1.807) is 25.6 Å². The molecule has 4 atom stereocenters. The fraction of sp³-hybridized carbons (Fsp3) is 0.394. The number of carbonyl (C=O) groups is 1. The van der Waals surface area contributed by atoms with Crippen molar-refractivity contribution in [1.82, 2.24) is 34.0 Å². The van der Waals surface area contributed by atoms with Crippen LogP contribution in [0.25, 0.3) is 33.6 Å². The largest absolute Gasteiger partial charge is 0.494 e. The number of aryl methyl sites for hydroxylation is 1. The first-order chi connectivity index (χ1) is 22.3. The number of anilines is 1. The summed E-state index contributed by atoms with van der Waals surface area (Å²) in [5, 5.41) is 9.66. The third kappa shape index (κ3) is 4.42. The maximum Gasteiger partial charge on any atom is 0.254 e. The summed E-state index contributed by atoms with van der Waals surface area (Å²) in [6.07, 6.45) is 6.07. The van der Waals surface area contributed by atoms with Crippen molar-refractivity contribution in [1.29, 1.82) is 5.26 Å². The molecule has 230 valence electrons. The van der Waals surface area contributed by atoms with Crippen molar-refractivity contribution in [2.24, 2.45) is 18.7 Å². The zero-order valence-corrected chi connectivity index (χ0v) is 25.8. The lowest BCUT2D eigenvalue weighted by Crippen LogP contribution is -2.41. The molecular formula is C33H33BN10O2. The molecule has 2 unspecified atom stereocenters. The predicted octanol–water partition coefficient (Wildman–Crippen LogP) is 3.06. The standard InChI is InChI=1S/C33H33BN10O2/c1-41-24(13-19-4-3-9-38-30(19)41)31-39-22-12-21(32(45)43-16-20-5-6-23(43)28(20)36)14-25(46-2)29(22)44(31)18-33(34)8-11-42(17-33)27-7-10-37-26(15-35)40-27/h3-4,7,9-10,12-14,20,23,28H,5-6,8,11,16-18,36H2,1-2H3/t20?,23?,28-,33-/m1/s1. The lowest BCUT2D eigenvalue weighted by atomic mass is 9.68. The Labute approximate surface area is 267 Å². The van der Waals surface area contributed by atoms with E-state index in [0.717, 1.165) is 35.1 Å². The summed E-state index contributed by atoms with van der Waals surface area (Å²) in [5.41, 5.74) is 10.1. The molecule has 1 saturated carbocycles. The van der Waals surface area contributed by atoms with Crippen molar-refractivity contribution in [2.75, 3.05) is 31.6 Å². The summed E-state index contributed by atoms with van der Waals surface area (Å²) in [6, 6.07) is 13.6. The van der Waals surface area contributed by atoms with Crippen molar-refractivity contribution < 1.29 is 9.53 Å². The Morgan fingerprint density at radius 3 is 2.80 bits per heavy atom. The van der Waals surface area contributed by atoms with Crippen molar-refractivity contribution in [2.45, 2.75) is 43.2 Å². The van der Waals surface area contributed by atoms with Gasteiger partial charge < -0.3 is 29.4 Å². The van der Waals surface area contributed by atoms with E-state index >= 15 is 0 Å². The number of methoxy groups -OCH3 is 1. The number of carbonyl (C=O) groups excluding carboxylic acids is 1. The van der Waals surface area contributed by atoms with Gasteiger partial charge in [0, 0.05) is 68.7 Å². The third-order valence-corrected chi connectivity index (χ3v) is 10.1. The molecule has 3 fully saturated rings. The zero-order chi connectivity index (χ0) is 31.7. The number of aromatic nitrogens is 6. The van der Waals surface area contributed by atoms with Crippen LogP contribution in [-0.4, -0.2) is 86.6 Å². The monoisotopic (exact) mass is 612 g/mol. The van der Waals surface area contributed by atoms with Gasteiger partial charge in [0.05, 0.1) is 26.2 Å². The van der Waals surface area contributed by atoms with Gasteiger partial charge in [-0.1, -0.05) is 0 Å². The first-order valence-corrected chi connectivity index (χ1v) is 15.6. The molecule has 4 aromatic heterocycles. The predicted molar refractivity (Wildman–Crippen MR) is 174 cm³/mol. The highest BCUT2D eigenvalue weighted by Crippen LogP contribution is 2.43. The van der Waals surface area contributed by atoms with Crippen LogP contribution < -0.4 is 15.4 Å². The lowest BCUT2D eigenvalue weighted by Gasteiger charge is -2.28. The number of fused-ring (bicyclic) bond motifs is 4. The minimum absolute atomic E-state index is 0.0287. The SMILES string of the molecule is [B][C@]1(Cn2c(-c3cc4cccnc4n3C)nc3cc(C(=O)N4CC5CCC4[C@@H]5N)cc(OC)c32)CCN(c2ccnc(C#N)n2)C1. The molecule has 3 aliphatic rings. The molecule has 13 heteroatoms.